The Morgan fingerprint density at radius 2 is 2.20 bits per heavy atom. The molecule has 1 heterocycles. The molecule has 0 spiro atoms. The van der Waals surface area contributed by atoms with Gasteiger partial charge in [0, 0.05) is 18.8 Å². The summed E-state index contributed by atoms with van der Waals surface area (Å²) in [6, 6.07) is 6.89. The zero-order valence-electron chi connectivity index (χ0n) is 11.8. The summed E-state index contributed by atoms with van der Waals surface area (Å²) in [6.45, 7) is 1.99. The zero-order valence-corrected chi connectivity index (χ0v) is 11.8. The average Bonchev–Trinajstić information content (AvgIpc) is 2.82. The van der Waals surface area contributed by atoms with E-state index < -0.39 is 0 Å². The third kappa shape index (κ3) is 2.74. The number of nitrogens with one attached hydrogen (secondary N) is 1. The molecule has 0 unspecified atom stereocenters. The summed E-state index contributed by atoms with van der Waals surface area (Å²) in [4.78, 5) is 12.2. The minimum Gasteiger partial charge on any atom is -0.495 e. The molecule has 6 heteroatoms. The Balaban J connectivity index is 2.20. The van der Waals surface area contributed by atoms with Crippen LogP contribution >= 0.6 is 0 Å². The van der Waals surface area contributed by atoms with Gasteiger partial charge in [0.05, 0.1) is 18.5 Å². The molecule has 1 aromatic heterocycles. The summed E-state index contributed by atoms with van der Waals surface area (Å²) in [6.07, 6.45) is 0.789. The van der Waals surface area contributed by atoms with E-state index in [1.807, 2.05) is 6.92 Å². The van der Waals surface area contributed by atoms with Crippen molar-refractivity contribution >= 4 is 17.3 Å². The number of benzene rings is 1. The summed E-state index contributed by atoms with van der Waals surface area (Å²) in [5, 5.41) is 7.05. The van der Waals surface area contributed by atoms with Gasteiger partial charge in [-0.25, -0.2) is 0 Å². The first-order chi connectivity index (χ1) is 9.55. The summed E-state index contributed by atoms with van der Waals surface area (Å²) in [5.74, 6) is 0.313. The fourth-order valence-corrected chi connectivity index (χ4v) is 1.90. The maximum Gasteiger partial charge on any atom is 0.273 e. The first-order valence-electron chi connectivity index (χ1n) is 6.33. The van der Waals surface area contributed by atoms with Gasteiger partial charge < -0.3 is 15.8 Å². The largest absolute Gasteiger partial charge is 0.495 e. The van der Waals surface area contributed by atoms with E-state index in [0.29, 0.717) is 22.8 Å². The lowest BCUT2D eigenvalue weighted by Gasteiger charge is -2.09. The number of nitrogen functional groups attached to an aromatic ring is 1. The number of hydrogen-bond donors (Lipinski definition) is 2. The van der Waals surface area contributed by atoms with E-state index in [2.05, 4.69) is 10.4 Å². The second kappa shape index (κ2) is 5.64. The fourth-order valence-electron chi connectivity index (χ4n) is 1.90. The standard InChI is InChI=1S/C14H18N4O2/c1-4-9-7-12(18(2)17-9)14(19)16-10-5-6-11(15)13(8-10)20-3/h5-8H,4,15H2,1-3H3,(H,16,19). The Hall–Kier alpha value is -2.50. The minimum atomic E-state index is -0.216. The SMILES string of the molecule is CCc1cc(C(=O)Nc2ccc(N)c(OC)c2)n(C)n1. The number of aryl methyl sites for hydroxylation is 2. The van der Waals surface area contributed by atoms with Gasteiger partial charge in [-0.3, -0.25) is 9.48 Å². The first-order valence-corrected chi connectivity index (χ1v) is 6.33. The van der Waals surface area contributed by atoms with Gasteiger partial charge in [-0.2, -0.15) is 5.10 Å². The quantitative estimate of drug-likeness (QED) is 0.833. The predicted octanol–water partition coefficient (Wildman–Crippen LogP) is 1.83. The van der Waals surface area contributed by atoms with Crippen molar-refractivity contribution in [3.05, 3.63) is 35.7 Å². The number of amides is 1. The van der Waals surface area contributed by atoms with E-state index in [-0.39, 0.29) is 5.91 Å². The second-order valence-corrected chi connectivity index (χ2v) is 4.41. The molecule has 1 aromatic carbocycles. The van der Waals surface area contributed by atoms with Crippen LogP contribution in [0.1, 0.15) is 23.1 Å². The Morgan fingerprint density at radius 1 is 1.45 bits per heavy atom. The van der Waals surface area contributed by atoms with Crippen LogP contribution in [0.4, 0.5) is 11.4 Å². The summed E-state index contributed by atoms with van der Waals surface area (Å²) < 4.78 is 6.70. The van der Waals surface area contributed by atoms with Gasteiger partial charge in [0.25, 0.3) is 5.91 Å². The molecule has 0 aliphatic heterocycles. The number of ether oxygens (including phenoxy) is 1. The van der Waals surface area contributed by atoms with Crippen molar-refractivity contribution in [3.63, 3.8) is 0 Å². The molecule has 6 nitrogen and oxygen atoms in total. The molecular weight excluding hydrogens is 256 g/mol. The minimum absolute atomic E-state index is 0.216. The maximum absolute atomic E-state index is 12.2. The van der Waals surface area contributed by atoms with E-state index in [0.717, 1.165) is 12.1 Å². The normalized spacial score (nSPS) is 10.3. The molecule has 0 fully saturated rings. The molecule has 0 atom stereocenters. The number of hydrogen-bond acceptors (Lipinski definition) is 4. The molecule has 1 amide bonds. The number of anilines is 2. The van der Waals surface area contributed by atoms with Crippen LogP contribution in [0.15, 0.2) is 24.3 Å². The molecule has 3 N–H and O–H groups in total. The van der Waals surface area contributed by atoms with Gasteiger partial charge in [0.1, 0.15) is 11.4 Å². The van der Waals surface area contributed by atoms with Gasteiger partial charge in [-0.05, 0) is 24.6 Å². The average molecular weight is 274 g/mol. The van der Waals surface area contributed by atoms with Gasteiger partial charge >= 0.3 is 0 Å². The van der Waals surface area contributed by atoms with Crippen LogP contribution < -0.4 is 15.8 Å². The monoisotopic (exact) mass is 274 g/mol. The summed E-state index contributed by atoms with van der Waals surface area (Å²) in [7, 11) is 3.28. The van der Waals surface area contributed by atoms with Gasteiger partial charge in [-0.15, -0.1) is 0 Å². The van der Waals surface area contributed by atoms with E-state index in [1.165, 1.54) is 7.11 Å². The molecule has 0 saturated heterocycles. The van der Waals surface area contributed by atoms with Gasteiger partial charge in [-0.1, -0.05) is 6.92 Å². The third-order valence-electron chi connectivity index (χ3n) is 3.02. The van der Waals surface area contributed by atoms with Crippen LogP contribution in [-0.4, -0.2) is 22.8 Å². The fraction of sp³-hybridized carbons (Fsp3) is 0.286. The van der Waals surface area contributed by atoms with Crippen LogP contribution in [0.5, 0.6) is 5.75 Å². The molecule has 0 bridgehead atoms. The van der Waals surface area contributed by atoms with Crippen LogP contribution in [0.3, 0.4) is 0 Å². The topological polar surface area (TPSA) is 82.2 Å². The van der Waals surface area contributed by atoms with Crippen molar-refractivity contribution in [1.29, 1.82) is 0 Å². The number of carbonyl (C=O) groups excluding carboxylic acids is 1. The molecule has 0 radical (unpaired) electrons. The number of carbonyl (C=O) groups is 1. The molecule has 20 heavy (non-hydrogen) atoms. The maximum atomic E-state index is 12.2. The highest BCUT2D eigenvalue weighted by atomic mass is 16.5. The highest BCUT2D eigenvalue weighted by Gasteiger charge is 2.13. The number of rotatable bonds is 4. The Morgan fingerprint density at radius 3 is 2.80 bits per heavy atom. The number of methoxy groups -OCH3 is 1. The molecule has 2 aromatic rings. The lowest BCUT2D eigenvalue weighted by atomic mass is 10.2. The lowest BCUT2D eigenvalue weighted by molar-refractivity contribution is 0.101. The molecule has 106 valence electrons. The predicted molar refractivity (Wildman–Crippen MR) is 77.9 cm³/mol. The Labute approximate surface area is 117 Å². The second-order valence-electron chi connectivity index (χ2n) is 4.41. The van der Waals surface area contributed by atoms with Crippen molar-refractivity contribution in [2.24, 2.45) is 7.05 Å². The van der Waals surface area contributed by atoms with Crippen LogP contribution in [-0.2, 0) is 13.5 Å². The molecule has 2 rings (SSSR count). The highest BCUT2D eigenvalue weighted by Crippen LogP contribution is 2.25. The van der Waals surface area contributed by atoms with Crippen molar-refractivity contribution in [1.82, 2.24) is 9.78 Å². The van der Waals surface area contributed by atoms with Crippen molar-refractivity contribution in [2.45, 2.75) is 13.3 Å². The first kappa shape index (κ1) is 13.9. The van der Waals surface area contributed by atoms with Crippen molar-refractivity contribution < 1.29 is 9.53 Å². The molecule has 0 aliphatic rings. The van der Waals surface area contributed by atoms with Gasteiger partial charge in [0.2, 0.25) is 0 Å². The Bertz CT molecular complexity index is 634. The summed E-state index contributed by atoms with van der Waals surface area (Å²) in [5.41, 5.74) is 8.28. The smallest absolute Gasteiger partial charge is 0.273 e. The Kier molecular flexibility index (Phi) is 3.93. The highest BCUT2D eigenvalue weighted by molar-refractivity contribution is 6.03. The number of nitrogens with zero attached hydrogens (tertiary/aromatic N) is 2. The van der Waals surface area contributed by atoms with Crippen LogP contribution in [0.2, 0.25) is 0 Å². The zero-order chi connectivity index (χ0) is 14.7. The molecular formula is C14H18N4O2. The molecule has 0 aliphatic carbocycles. The summed E-state index contributed by atoms with van der Waals surface area (Å²) >= 11 is 0. The number of nitrogens with two attached hydrogens (primary N) is 1. The lowest BCUT2D eigenvalue weighted by Crippen LogP contribution is -2.16. The van der Waals surface area contributed by atoms with E-state index in [4.69, 9.17) is 10.5 Å². The number of aromatic nitrogens is 2. The van der Waals surface area contributed by atoms with Crippen molar-refractivity contribution in [3.8, 4) is 5.75 Å². The van der Waals surface area contributed by atoms with E-state index >= 15 is 0 Å². The van der Waals surface area contributed by atoms with E-state index in [9.17, 15) is 4.79 Å². The third-order valence-corrected chi connectivity index (χ3v) is 3.02. The van der Waals surface area contributed by atoms with Crippen LogP contribution in [0, 0.1) is 0 Å². The van der Waals surface area contributed by atoms with Crippen molar-refractivity contribution in [2.75, 3.05) is 18.2 Å². The van der Waals surface area contributed by atoms with E-state index in [1.54, 1.807) is 36.0 Å². The van der Waals surface area contributed by atoms with Gasteiger partial charge in [0.15, 0.2) is 0 Å². The van der Waals surface area contributed by atoms with Crippen LogP contribution in [0.25, 0.3) is 0 Å². The molecule has 0 saturated carbocycles.